The number of rotatable bonds is 10. The van der Waals surface area contributed by atoms with E-state index in [0.29, 0.717) is 22.4 Å². The van der Waals surface area contributed by atoms with Gasteiger partial charge in [0.15, 0.2) is 0 Å². The van der Waals surface area contributed by atoms with Gasteiger partial charge in [0.05, 0.1) is 12.9 Å². The summed E-state index contributed by atoms with van der Waals surface area (Å²) in [6.07, 6.45) is 0.124. The number of benzene rings is 4. The molecule has 0 aliphatic carbocycles. The Labute approximate surface area is 227 Å². The molecule has 0 spiro atoms. The molecule has 1 atom stereocenters. The summed E-state index contributed by atoms with van der Waals surface area (Å²) in [7, 11) is -3.91. The van der Waals surface area contributed by atoms with Crippen molar-refractivity contribution < 1.29 is 32.9 Å². The summed E-state index contributed by atoms with van der Waals surface area (Å²) in [6.45, 7) is 8.98. The van der Waals surface area contributed by atoms with Gasteiger partial charge in [-0.25, -0.2) is 4.79 Å². The fourth-order valence-electron chi connectivity index (χ4n) is 4.41. The summed E-state index contributed by atoms with van der Waals surface area (Å²) in [5.74, 6) is 0.897. The molecule has 0 aromatic heterocycles. The summed E-state index contributed by atoms with van der Waals surface area (Å²) in [6, 6.07) is 22.9. The van der Waals surface area contributed by atoms with Crippen molar-refractivity contribution in [2.24, 2.45) is 0 Å². The van der Waals surface area contributed by atoms with E-state index in [2.05, 4.69) is 11.3 Å². The van der Waals surface area contributed by atoms with Gasteiger partial charge in [0.2, 0.25) is 0 Å². The predicted molar refractivity (Wildman–Crippen MR) is 151 cm³/mol. The Hall–Kier alpha value is -4.19. The third-order valence-electron chi connectivity index (χ3n) is 6.04. The Morgan fingerprint density at radius 2 is 1.44 bits per heavy atom. The van der Waals surface area contributed by atoms with Crippen molar-refractivity contribution in [1.82, 2.24) is 0 Å². The Balaban J connectivity index is 1.47. The summed E-state index contributed by atoms with van der Waals surface area (Å²) in [4.78, 5) is 25.2. The van der Waals surface area contributed by atoms with E-state index in [1.54, 1.807) is 54.6 Å². The van der Waals surface area contributed by atoms with Crippen molar-refractivity contribution in [3.63, 3.8) is 0 Å². The first-order valence-corrected chi connectivity index (χ1v) is 13.9. The van der Waals surface area contributed by atoms with Crippen LogP contribution in [0.5, 0.6) is 11.5 Å². The van der Waals surface area contributed by atoms with E-state index in [9.17, 15) is 14.2 Å². The first kappa shape index (κ1) is 27.8. The second kappa shape index (κ2) is 12.1. The van der Waals surface area contributed by atoms with E-state index in [4.69, 9.17) is 14.0 Å². The number of fused-ring (bicyclic) bond motifs is 1. The van der Waals surface area contributed by atoms with Gasteiger partial charge in [-0.2, -0.15) is 0 Å². The maximum atomic E-state index is 14.2. The van der Waals surface area contributed by atoms with Crippen molar-refractivity contribution in [3.8, 4) is 11.5 Å². The number of aryl methyl sites for hydroxylation is 3. The van der Waals surface area contributed by atoms with E-state index in [0.717, 1.165) is 33.7 Å². The van der Waals surface area contributed by atoms with E-state index < -0.39 is 19.0 Å². The van der Waals surface area contributed by atoms with Crippen LogP contribution in [0.25, 0.3) is 10.8 Å². The second-order valence-corrected chi connectivity index (χ2v) is 11.2. The largest absolute Gasteiger partial charge is 0.518 e. The van der Waals surface area contributed by atoms with Gasteiger partial charge < -0.3 is 18.7 Å². The maximum absolute atomic E-state index is 14.2. The first-order chi connectivity index (χ1) is 18.7. The molecule has 0 bridgehead atoms. The molecule has 7 nitrogen and oxygen atoms in total. The second-order valence-electron chi connectivity index (χ2n) is 8.95. The summed E-state index contributed by atoms with van der Waals surface area (Å²) in [5, 5.41) is 2.02. The van der Waals surface area contributed by atoms with Gasteiger partial charge >= 0.3 is 13.5 Å². The molecule has 0 saturated heterocycles. The molecule has 4 aromatic rings. The van der Waals surface area contributed by atoms with Crippen molar-refractivity contribution >= 4 is 35.1 Å². The standard InChI is InChI=1S/C31H29O7P/c1-5-35-31(33)38-27-14-12-24-19-26(13-11-25(24)20-27)36-15-16-37-39(34,28-9-7-6-8-10-28)30(32)29-22(3)17-21(2)18-23(29)4/h5-14,17-20H,1,15-16H2,2-4H3. The van der Waals surface area contributed by atoms with Crippen molar-refractivity contribution in [1.29, 1.82) is 0 Å². The molecular weight excluding hydrogens is 515 g/mol. The molecule has 0 heterocycles. The molecule has 0 amide bonds. The van der Waals surface area contributed by atoms with Crippen LogP contribution in [-0.4, -0.2) is 24.9 Å². The molecule has 0 radical (unpaired) electrons. The highest BCUT2D eigenvalue weighted by molar-refractivity contribution is 7.83. The highest BCUT2D eigenvalue weighted by Crippen LogP contribution is 2.50. The number of ether oxygens (including phenoxy) is 3. The van der Waals surface area contributed by atoms with Crippen LogP contribution in [0.15, 0.2) is 91.7 Å². The molecule has 0 saturated carbocycles. The number of carbonyl (C=O) groups excluding carboxylic acids is 2. The molecule has 0 aliphatic rings. The normalized spacial score (nSPS) is 12.4. The average Bonchev–Trinajstić information content (AvgIpc) is 2.91. The molecule has 200 valence electrons. The Bertz CT molecular complexity index is 1550. The van der Waals surface area contributed by atoms with Crippen molar-refractivity contribution in [3.05, 3.63) is 114 Å². The lowest BCUT2D eigenvalue weighted by atomic mass is 10.0. The van der Waals surface area contributed by atoms with E-state index in [1.807, 2.05) is 45.0 Å². The molecule has 0 fully saturated rings. The molecular formula is C31H29O7P. The van der Waals surface area contributed by atoms with Gasteiger partial charge in [-0.3, -0.25) is 9.36 Å². The van der Waals surface area contributed by atoms with Gasteiger partial charge in [0.1, 0.15) is 18.1 Å². The number of hydrogen-bond donors (Lipinski definition) is 0. The van der Waals surface area contributed by atoms with E-state index in [1.165, 1.54) is 0 Å². The van der Waals surface area contributed by atoms with Crippen LogP contribution in [0.3, 0.4) is 0 Å². The third-order valence-corrected chi connectivity index (χ3v) is 8.33. The van der Waals surface area contributed by atoms with Gasteiger partial charge in [-0.1, -0.05) is 54.6 Å². The molecule has 1 unspecified atom stereocenters. The highest BCUT2D eigenvalue weighted by atomic mass is 31.2. The summed E-state index contributed by atoms with van der Waals surface area (Å²) in [5.41, 5.74) is 2.44. The topological polar surface area (TPSA) is 88.1 Å². The van der Waals surface area contributed by atoms with Crippen molar-refractivity contribution in [2.45, 2.75) is 20.8 Å². The zero-order valence-corrected chi connectivity index (χ0v) is 22.9. The third kappa shape index (κ3) is 6.45. The molecule has 0 N–H and O–H groups in total. The molecule has 39 heavy (non-hydrogen) atoms. The van der Waals surface area contributed by atoms with Gasteiger partial charge in [-0.15, -0.1) is 0 Å². The zero-order chi connectivity index (χ0) is 28.0. The SMILES string of the molecule is C=COC(=O)Oc1ccc2cc(OCCOP(=O)(C(=O)c3c(C)cc(C)cc3C)c3ccccc3)ccc2c1. The molecule has 4 aromatic carbocycles. The van der Waals surface area contributed by atoms with Gasteiger partial charge in [0, 0.05) is 10.9 Å². The maximum Gasteiger partial charge on any atom is 0.518 e. The van der Waals surface area contributed by atoms with Crippen LogP contribution < -0.4 is 14.8 Å². The fourth-order valence-corrected chi connectivity index (χ4v) is 6.45. The van der Waals surface area contributed by atoms with E-state index >= 15 is 0 Å². The van der Waals surface area contributed by atoms with Crippen LogP contribution in [-0.2, 0) is 13.8 Å². The summed E-state index contributed by atoms with van der Waals surface area (Å²) >= 11 is 0. The van der Waals surface area contributed by atoms with Crippen LogP contribution in [0.4, 0.5) is 4.79 Å². The van der Waals surface area contributed by atoms with Crippen LogP contribution in [0, 0.1) is 20.8 Å². The fraction of sp³-hybridized carbons (Fsp3) is 0.161. The highest BCUT2D eigenvalue weighted by Gasteiger charge is 2.37. The minimum atomic E-state index is -3.91. The van der Waals surface area contributed by atoms with Gasteiger partial charge in [0.25, 0.3) is 5.52 Å². The molecule has 4 rings (SSSR count). The number of carbonyl (C=O) groups is 2. The summed E-state index contributed by atoms with van der Waals surface area (Å²) < 4.78 is 35.5. The Morgan fingerprint density at radius 1 is 0.821 bits per heavy atom. The number of hydrogen-bond acceptors (Lipinski definition) is 7. The minimum absolute atomic E-state index is 0.0574. The Kier molecular flexibility index (Phi) is 8.65. The van der Waals surface area contributed by atoms with Crippen LogP contribution in [0.1, 0.15) is 27.0 Å². The van der Waals surface area contributed by atoms with Crippen LogP contribution >= 0.6 is 7.37 Å². The lowest BCUT2D eigenvalue weighted by Crippen LogP contribution is -2.19. The smallest absolute Gasteiger partial charge is 0.491 e. The lowest BCUT2D eigenvalue weighted by molar-refractivity contribution is 0.104. The zero-order valence-electron chi connectivity index (χ0n) is 22.0. The first-order valence-electron chi connectivity index (χ1n) is 12.3. The lowest BCUT2D eigenvalue weighted by Gasteiger charge is -2.20. The van der Waals surface area contributed by atoms with Crippen molar-refractivity contribution in [2.75, 3.05) is 13.2 Å². The molecule has 0 aliphatic heterocycles. The molecule has 8 heteroatoms. The van der Waals surface area contributed by atoms with Crippen LogP contribution in [0.2, 0.25) is 0 Å². The minimum Gasteiger partial charge on any atom is -0.491 e. The Morgan fingerprint density at radius 3 is 2.08 bits per heavy atom. The quantitative estimate of drug-likeness (QED) is 0.0682. The van der Waals surface area contributed by atoms with Gasteiger partial charge in [-0.05, 0) is 79.1 Å². The van der Waals surface area contributed by atoms with E-state index in [-0.39, 0.29) is 13.2 Å². The average molecular weight is 545 g/mol. The monoisotopic (exact) mass is 544 g/mol. The predicted octanol–water partition coefficient (Wildman–Crippen LogP) is 7.26.